The lowest BCUT2D eigenvalue weighted by atomic mass is 10.0. The van der Waals surface area contributed by atoms with Crippen molar-refractivity contribution in [3.63, 3.8) is 0 Å². The predicted molar refractivity (Wildman–Crippen MR) is 77.8 cm³/mol. The number of likely N-dealkylation sites (N-methyl/N-ethyl adjacent to an activating group) is 1. The molecule has 0 aromatic carbocycles. The van der Waals surface area contributed by atoms with Gasteiger partial charge in [-0.3, -0.25) is 0 Å². The van der Waals surface area contributed by atoms with Crippen molar-refractivity contribution in [3.8, 4) is 0 Å². The highest BCUT2D eigenvalue weighted by atomic mass is 16.5. The summed E-state index contributed by atoms with van der Waals surface area (Å²) < 4.78 is 5.75. The van der Waals surface area contributed by atoms with Crippen LogP contribution in [0.4, 0.5) is 0 Å². The van der Waals surface area contributed by atoms with Crippen molar-refractivity contribution in [2.24, 2.45) is 5.73 Å². The van der Waals surface area contributed by atoms with Crippen molar-refractivity contribution >= 4 is 0 Å². The van der Waals surface area contributed by atoms with Gasteiger partial charge in [-0.05, 0) is 13.5 Å². The van der Waals surface area contributed by atoms with E-state index in [-0.39, 0.29) is 12.1 Å². The monoisotopic (exact) mass is 256 g/mol. The summed E-state index contributed by atoms with van der Waals surface area (Å²) in [5.74, 6) is 0. The third kappa shape index (κ3) is 6.72. The molecular formula is C15H32N2O. The van der Waals surface area contributed by atoms with Crippen molar-refractivity contribution in [2.75, 3.05) is 26.7 Å². The Morgan fingerprint density at radius 1 is 1.17 bits per heavy atom. The molecule has 0 spiro atoms. The molecule has 3 heteroatoms. The van der Waals surface area contributed by atoms with Gasteiger partial charge in [0.2, 0.25) is 0 Å². The van der Waals surface area contributed by atoms with Gasteiger partial charge in [-0.25, -0.2) is 0 Å². The zero-order valence-electron chi connectivity index (χ0n) is 12.4. The Balaban J connectivity index is 1.97. The molecule has 1 rings (SSSR count). The Morgan fingerprint density at radius 3 is 2.50 bits per heavy atom. The third-order valence-corrected chi connectivity index (χ3v) is 3.92. The van der Waals surface area contributed by atoms with Crippen molar-refractivity contribution in [1.29, 1.82) is 0 Å². The van der Waals surface area contributed by atoms with E-state index in [4.69, 9.17) is 10.5 Å². The molecule has 0 aromatic heterocycles. The molecule has 0 aromatic rings. The molecule has 0 saturated carbocycles. The summed E-state index contributed by atoms with van der Waals surface area (Å²) in [6, 6.07) is 0.225. The first-order valence-corrected chi connectivity index (χ1v) is 7.79. The van der Waals surface area contributed by atoms with Crippen molar-refractivity contribution in [2.45, 2.75) is 70.4 Å². The van der Waals surface area contributed by atoms with Crippen LogP contribution in [-0.2, 0) is 4.74 Å². The van der Waals surface area contributed by atoms with E-state index in [1.807, 2.05) is 0 Å². The molecule has 0 radical (unpaired) electrons. The summed E-state index contributed by atoms with van der Waals surface area (Å²) >= 11 is 0. The highest BCUT2D eigenvalue weighted by Gasteiger charge is 2.23. The number of nitrogens with zero attached hydrogens (tertiary/aromatic N) is 1. The first kappa shape index (κ1) is 15.9. The van der Waals surface area contributed by atoms with Crippen LogP contribution < -0.4 is 5.73 Å². The molecular weight excluding hydrogens is 224 g/mol. The number of rotatable bonds is 9. The normalized spacial score (nSPS) is 23.2. The minimum Gasteiger partial charge on any atom is -0.374 e. The average molecular weight is 256 g/mol. The van der Waals surface area contributed by atoms with E-state index in [0.29, 0.717) is 0 Å². The standard InChI is InChI=1S/C15H32N2O/c1-3-4-5-6-7-8-9-10-14(16)15-13-17(2)11-12-18-15/h14-15H,3-13,16H2,1-2H3. The van der Waals surface area contributed by atoms with E-state index < -0.39 is 0 Å². The molecule has 3 nitrogen and oxygen atoms in total. The Morgan fingerprint density at radius 2 is 1.83 bits per heavy atom. The number of ether oxygens (including phenoxy) is 1. The molecule has 1 aliphatic heterocycles. The highest BCUT2D eigenvalue weighted by Crippen LogP contribution is 2.13. The van der Waals surface area contributed by atoms with Crippen LogP contribution in [0.5, 0.6) is 0 Å². The lowest BCUT2D eigenvalue weighted by Gasteiger charge is -2.33. The van der Waals surface area contributed by atoms with Gasteiger partial charge in [0.15, 0.2) is 0 Å². The van der Waals surface area contributed by atoms with Gasteiger partial charge in [0.25, 0.3) is 0 Å². The maximum atomic E-state index is 6.22. The molecule has 0 aliphatic carbocycles. The smallest absolute Gasteiger partial charge is 0.0853 e. The van der Waals surface area contributed by atoms with E-state index in [9.17, 15) is 0 Å². The Kier molecular flexibility index (Phi) is 8.64. The molecule has 2 atom stereocenters. The van der Waals surface area contributed by atoms with Crippen LogP contribution in [0.1, 0.15) is 58.3 Å². The van der Waals surface area contributed by atoms with Gasteiger partial charge in [-0.15, -0.1) is 0 Å². The number of morpholine rings is 1. The number of unbranched alkanes of at least 4 members (excludes halogenated alkanes) is 6. The maximum Gasteiger partial charge on any atom is 0.0853 e. The van der Waals surface area contributed by atoms with Crippen molar-refractivity contribution in [3.05, 3.63) is 0 Å². The largest absolute Gasteiger partial charge is 0.374 e. The van der Waals surface area contributed by atoms with E-state index >= 15 is 0 Å². The van der Waals surface area contributed by atoms with E-state index in [0.717, 1.165) is 26.1 Å². The first-order valence-electron chi connectivity index (χ1n) is 7.79. The first-order chi connectivity index (χ1) is 8.74. The average Bonchev–Trinajstić information content (AvgIpc) is 2.37. The number of nitrogens with two attached hydrogens (primary N) is 1. The Bertz CT molecular complexity index is 199. The predicted octanol–water partition coefficient (Wildman–Crippen LogP) is 2.79. The molecule has 1 saturated heterocycles. The fourth-order valence-electron chi connectivity index (χ4n) is 2.59. The number of hydrogen-bond acceptors (Lipinski definition) is 3. The van der Waals surface area contributed by atoms with Crippen LogP contribution in [0.2, 0.25) is 0 Å². The minimum atomic E-state index is 0.225. The summed E-state index contributed by atoms with van der Waals surface area (Å²) in [5, 5.41) is 0. The molecule has 2 N–H and O–H groups in total. The minimum absolute atomic E-state index is 0.225. The van der Waals surface area contributed by atoms with Crippen LogP contribution >= 0.6 is 0 Å². The molecule has 2 unspecified atom stereocenters. The summed E-state index contributed by atoms with van der Waals surface area (Å²) in [6.07, 6.45) is 10.9. The van der Waals surface area contributed by atoms with Crippen molar-refractivity contribution in [1.82, 2.24) is 4.90 Å². The molecule has 1 aliphatic rings. The summed E-state index contributed by atoms with van der Waals surface area (Å²) in [6.45, 7) is 5.14. The molecule has 0 amide bonds. The van der Waals surface area contributed by atoms with Gasteiger partial charge in [0.05, 0.1) is 12.7 Å². The van der Waals surface area contributed by atoms with Gasteiger partial charge in [-0.1, -0.05) is 51.9 Å². The fraction of sp³-hybridized carbons (Fsp3) is 1.00. The van der Waals surface area contributed by atoms with Gasteiger partial charge in [0, 0.05) is 19.1 Å². The van der Waals surface area contributed by atoms with Crippen LogP contribution in [0.15, 0.2) is 0 Å². The maximum absolute atomic E-state index is 6.22. The van der Waals surface area contributed by atoms with Crippen LogP contribution in [0, 0.1) is 0 Å². The third-order valence-electron chi connectivity index (χ3n) is 3.92. The van der Waals surface area contributed by atoms with Gasteiger partial charge in [-0.2, -0.15) is 0 Å². The van der Waals surface area contributed by atoms with Crippen LogP contribution in [0.25, 0.3) is 0 Å². The zero-order valence-corrected chi connectivity index (χ0v) is 12.4. The summed E-state index contributed by atoms with van der Waals surface area (Å²) in [7, 11) is 2.15. The second kappa shape index (κ2) is 9.76. The second-order valence-electron chi connectivity index (χ2n) is 5.75. The Labute approximate surface area is 113 Å². The van der Waals surface area contributed by atoms with E-state index in [2.05, 4.69) is 18.9 Å². The topological polar surface area (TPSA) is 38.5 Å². The van der Waals surface area contributed by atoms with Crippen molar-refractivity contribution < 1.29 is 4.74 Å². The SMILES string of the molecule is CCCCCCCCCC(N)C1CN(C)CCO1. The summed E-state index contributed by atoms with van der Waals surface area (Å²) in [4.78, 5) is 2.32. The van der Waals surface area contributed by atoms with E-state index in [1.165, 1.54) is 44.9 Å². The lowest BCUT2D eigenvalue weighted by molar-refractivity contribution is -0.0335. The fourth-order valence-corrected chi connectivity index (χ4v) is 2.59. The lowest BCUT2D eigenvalue weighted by Crippen LogP contribution is -2.49. The quantitative estimate of drug-likeness (QED) is 0.645. The molecule has 0 bridgehead atoms. The highest BCUT2D eigenvalue weighted by molar-refractivity contribution is 4.79. The summed E-state index contributed by atoms with van der Waals surface area (Å²) in [5.41, 5.74) is 6.22. The van der Waals surface area contributed by atoms with Crippen LogP contribution in [-0.4, -0.2) is 43.8 Å². The zero-order chi connectivity index (χ0) is 13.2. The second-order valence-corrected chi connectivity index (χ2v) is 5.75. The molecule has 1 heterocycles. The van der Waals surface area contributed by atoms with Gasteiger partial charge < -0.3 is 15.4 Å². The molecule has 1 fully saturated rings. The van der Waals surface area contributed by atoms with E-state index in [1.54, 1.807) is 0 Å². The molecule has 108 valence electrons. The van der Waals surface area contributed by atoms with Crippen LogP contribution in [0.3, 0.4) is 0 Å². The molecule has 18 heavy (non-hydrogen) atoms. The number of hydrogen-bond donors (Lipinski definition) is 1. The Hall–Kier alpha value is -0.120. The van der Waals surface area contributed by atoms with Gasteiger partial charge >= 0.3 is 0 Å². The van der Waals surface area contributed by atoms with Gasteiger partial charge in [0.1, 0.15) is 0 Å².